The SMILES string of the molecule is C=CCNC(=O)C(CC)Sc1ccccn1. The molecule has 0 fully saturated rings. The lowest BCUT2D eigenvalue weighted by atomic mass is 10.3. The van der Waals surface area contributed by atoms with Crippen molar-refractivity contribution >= 4 is 17.7 Å². The summed E-state index contributed by atoms with van der Waals surface area (Å²) < 4.78 is 0. The second-order valence-electron chi connectivity index (χ2n) is 3.22. The Kier molecular flexibility index (Phi) is 5.64. The average molecular weight is 236 g/mol. The molecule has 0 aliphatic heterocycles. The summed E-state index contributed by atoms with van der Waals surface area (Å²) >= 11 is 1.49. The quantitative estimate of drug-likeness (QED) is 0.608. The molecule has 1 aromatic rings. The standard InChI is InChI=1S/C12H16N2OS/c1-3-8-14-12(15)10(4-2)16-11-7-5-6-9-13-11/h3,5-7,9-10H,1,4,8H2,2H3,(H,14,15). The Morgan fingerprint density at radius 2 is 2.50 bits per heavy atom. The smallest absolute Gasteiger partial charge is 0.233 e. The Hall–Kier alpha value is -1.29. The highest BCUT2D eigenvalue weighted by Crippen LogP contribution is 2.22. The van der Waals surface area contributed by atoms with Gasteiger partial charge in [-0.05, 0) is 18.6 Å². The molecule has 0 radical (unpaired) electrons. The third kappa shape index (κ3) is 4.06. The van der Waals surface area contributed by atoms with Gasteiger partial charge in [-0.3, -0.25) is 4.79 Å². The molecule has 0 saturated heterocycles. The zero-order valence-corrected chi connectivity index (χ0v) is 10.2. The molecular weight excluding hydrogens is 220 g/mol. The van der Waals surface area contributed by atoms with E-state index in [1.807, 2.05) is 25.1 Å². The molecule has 1 heterocycles. The van der Waals surface area contributed by atoms with Gasteiger partial charge >= 0.3 is 0 Å². The number of carbonyl (C=O) groups is 1. The van der Waals surface area contributed by atoms with Crippen molar-refractivity contribution in [2.45, 2.75) is 23.6 Å². The third-order valence-corrected chi connectivity index (χ3v) is 3.30. The summed E-state index contributed by atoms with van der Waals surface area (Å²) in [6, 6.07) is 5.70. The van der Waals surface area contributed by atoms with Gasteiger partial charge in [0, 0.05) is 12.7 Å². The maximum atomic E-state index is 11.7. The molecular formula is C12H16N2OS. The summed E-state index contributed by atoms with van der Waals surface area (Å²) in [4.78, 5) is 15.9. The second kappa shape index (κ2) is 7.06. The number of amides is 1. The van der Waals surface area contributed by atoms with E-state index in [-0.39, 0.29) is 11.2 Å². The van der Waals surface area contributed by atoms with Crippen LogP contribution >= 0.6 is 11.8 Å². The van der Waals surface area contributed by atoms with Crippen molar-refractivity contribution in [2.75, 3.05) is 6.54 Å². The van der Waals surface area contributed by atoms with Crippen LogP contribution in [0.25, 0.3) is 0 Å². The molecule has 1 atom stereocenters. The topological polar surface area (TPSA) is 42.0 Å². The molecule has 16 heavy (non-hydrogen) atoms. The first-order valence-electron chi connectivity index (χ1n) is 5.24. The van der Waals surface area contributed by atoms with Crippen molar-refractivity contribution in [2.24, 2.45) is 0 Å². The van der Waals surface area contributed by atoms with Crippen LogP contribution in [-0.2, 0) is 4.79 Å². The molecule has 4 heteroatoms. The number of hydrogen-bond acceptors (Lipinski definition) is 3. The largest absolute Gasteiger partial charge is 0.352 e. The van der Waals surface area contributed by atoms with Gasteiger partial charge in [0.05, 0.1) is 10.3 Å². The van der Waals surface area contributed by atoms with Gasteiger partial charge in [-0.2, -0.15) is 0 Å². The Bertz CT molecular complexity index is 340. The second-order valence-corrected chi connectivity index (χ2v) is 4.44. The maximum absolute atomic E-state index is 11.7. The van der Waals surface area contributed by atoms with Crippen LogP contribution < -0.4 is 5.32 Å². The molecule has 0 aromatic carbocycles. The van der Waals surface area contributed by atoms with Crippen LogP contribution in [0.5, 0.6) is 0 Å². The molecule has 0 bridgehead atoms. The number of pyridine rings is 1. The van der Waals surface area contributed by atoms with Crippen molar-refractivity contribution in [3.8, 4) is 0 Å². The molecule has 1 aromatic heterocycles. The number of aromatic nitrogens is 1. The molecule has 0 aliphatic rings. The first-order valence-corrected chi connectivity index (χ1v) is 6.12. The first kappa shape index (κ1) is 12.8. The average Bonchev–Trinajstić information content (AvgIpc) is 2.34. The predicted molar refractivity (Wildman–Crippen MR) is 67.4 cm³/mol. The van der Waals surface area contributed by atoms with Crippen molar-refractivity contribution in [3.05, 3.63) is 37.1 Å². The fourth-order valence-electron chi connectivity index (χ4n) is 1.17. The van der Waals surface area contributed by atoms with E-state index in [1.165, 1.54) is 11.8 Å². The molecule has 1 rings (SSSR count). The lowest BCUT2D eigenvalue weighted by Gasteiger charge is -2.12. The molecule has 1 unspecified atom stereocenters. The highest BCUT2D eigenvalue weighted by Gasteiger charge is 2.17. The van der Waals surface area contributed by atoms with E-state index in [2.05, 4.69) is 16.9 Å². The molecule has 3 nitrogen and oxygen atoms in total. The van der Waals surface area contributed by atoms with E-state index in [0.717, 1.165) is 11.4 Å². The summed E-state index contributed by atoms with van der Waals surface area (Å²) in [5.41, 5.74) is 0. The zero-order valence-electron chi connectivity index (χ0n) is 9.35. The highest BCUT2D eigenvalue weighted by atomic mass is 32.2. The first-order chi connectivity index (χ1) is 7.77. The lowest BCUT2D eigenvalue weighted by molar-refractivity contribution is -0.120. The van der Waals surface area contributed by atoms with Crippen molar-refractivity contribution in [1.82, 2.24) is 10.3 Å². The van der Waals surface area contributed by atoms with Crippen LogP contribution in [0.4, 0.5) is 0 Å². The Balaban J connectivity index is 2.55. The number of rotatable bonds is 6. The summed E-state index contributed by atoms with van der Waals surface area (Å²) in [6.45, 7) is 6.07. The summed E-state index contributed by atoms with van der Waals surface area (Å²) in [5, 5.41) is 3.59. The third-order valence-electron chi connectivity index (χ3n) is 1.98. The molecule has 1 amide bonds. The molecule has 86 valence electrons. The van der Waals surface area contributed by atoms with Crippen LogP contribution in [0, 0.1) is 0 Å². The monoisotopic (exact) mass is 236 g/mol. The van der Waals surface area contributed by atoms with Crippen LogP contribution in [0.2, 0.25) is 0 Å². The van der Waals surface area contributed by atoms with E-state index in [1.54, 1.807) is 12.3 Å². The highest BCUT2D eigenvalue weighted by molar-refractivity contribution is 8.00. The number of nitrogens with one attached hydrogen (secondary N) is 1. The van der Waals surface area contributed by atoms with E-state index >= 15 is 0 Å². The molecule has 0 spiro atoms. The predicted octanol–water partition coefficient (Wildman–Crippen LogP) is 2.25. The number of thioether (sulfide) groups is 1. The molecule has 0 aliphatic carbocycles. The van der Waals surface area contributed by atoms with Gasteiger partial charge in [-0.25, -0.2) is 4.98 Å². The van der Waals surface area contributed by atoms with Gasteiger partial charge in [-0.1, -0.05) is 30.8 Å². The van der Waals surface area contributed by atoms with Crippen molar-refractivity contribution < 1.29 is 4.79 Å². The fraction of sp³-hybridized carbons (Fsp3) is 0.333. The number of hydrogen-bond donors (Lipinski definition) is 1. The van der Waals surface area contributed by atoms with Gasteiger partial charge in [-0.15, -0.1) is 6.58 Å². The fourth-order valence-corrected chi connectivity index (χ4v) is 2.10. The lowest BCUT2D eigenvalue weighted by Crippen LogP contribution is -2.32. The Morgan fingerprint density at radius 3 is 3.06 bits per heavy atom. The Labute approximate surface area is 100 Å². The maximum Gasteiger partial charge on any atom is 0.233 e. The van der Waals surface area contributed by atoms with Gasteiger partial charge in [0.2, 0.25) is 5.91 Å². The Morgan fingerprint density at radius 1 is 1.69 bits per heavy atom. The van der Waals surface area contributed by atoms with Gasteiger partial charge < -0.3 is 5.32 Å². The van der Waals surface area contributed by atoms with Crippen LogP contribution in [0.15, 0.2) is 42.1 Å². The number of nitrogens with zero attached hydrogens (tertiary/aromatic N) is 1. The normalized spacial score (nSPS) is 11.8. The van der Waals surface area contributed by atoms with Crippen molar-refractivity contribution in [1.29, 1.82) is 0 Å². The summed E-state index contributed by atoms with van der Waals surface area (Å²) in [5.74, 6) is 0.0399. The van der Waals surface area contributed by atoms with E-state index < -0.39 is 0 Å². The van der Waals surface area contributed by atoms with Crippen LogP contribution in [0.3, 0.4) is 0 Å². The van der Waals surface area contributed by atoms with E-state index in [9.17, 15) is 4.79 Å². The summed E-state index contributed by atoms with van der Waals surface area (Å²) in [6.07, 6.45) is 4.19. The molecule has 1 N–H and O–H groups in total. The number of carbonyl (C=O) groups excluding carboxylic acids is 1. The van der Waals surface area contributed by atoms with Crippen LogP contribution in [-0.4, -0.2) is 22.7 Å². The van der Waals surface area contributed by atoms with Gasteiger partial charge in [0.15, 0.2) is 0 Å². The zero-order chi connectivity index (χ0) is 11.8. The van der Waals surface area contributed by atoms with E-state index in [0.29, 0.717) is 6.54 Å². The van der Waals surface area contributed by atoms with E-state index in [4.69, 9.17) is 0 Å². The van der Waals surface area contributed by atoms with Gasteiger partial charge in [0.1, 0.15) is 0 Å². The molecule has 0 saturated carbocycles. The summed E-state index contributed by atoms with van der Waals surface area (Å²) in [7, 11) is 0. The van der Waals surface area contributed by atoms with Crippen molar-refractivity contribution in [3.63, 3.8) is 0 Å². The minimum atomic E-state index is -0.0881. The minimum absolute atomic E-state index is 0.0399. The minimum Gasteiger partial charge on any atom is -0.352 e. The van der Waals surface area contributed by atoms with Gasteiger partial charge in [0.25, 0.3) is 0 Å². The van der Waals surface area contributed by atoms with Crippen LogP contribution in [0.1, 0.15) is 13.3 Å².